The van der Waals surface area contributed by atoms with E-state index in [0.717, 1.165) is 11.1 Å². The van der Waals surface area contributed by atoms with Crippen LogP contribution in [0.25, 0.3) is 11.0 Å². The molecule has 10 heteroatoms. The molecular weight excluding hydrogens is 412 g/mol. The average Bonchev–Trinajstić information content (AvgIpc) is 3.30. The van der Waals surface area contributed by atoms with Crippen molar-refractivity contribution in [2.24, 2.45) is 0 Å². The summed E-state index contributed by atoms with van der Waals surface area (Å²) >= 11 is 0. The fraction of sp³-hybridized carbons (Fsp3) is 0.182. The summed E-state index contributed by atoms with van der Waals surface area (Å²) in [6.07, 6.45) is 0.277. The Kier molecular flexibility index (Phi) is 5.63. The SMILES string of the molecule is COc1ccc2c(c1)C(=O)N(C[C@@H](C#Cc1ccc3nc(N)[nH]c3c1)NC(=O)NC=O)C2. The van der Waals surface area contributed by atoms with Crippen LogP contribution in [0.2, 0.25) is 0 Å². The van der Waals surface area contributed by atoms with Gasteiger partial charge in [0.25, 0.3) is 5.91 Å². The van der Waals surface area contributed by atoms with E-state index in [1.807, 2.05) is 11.4 Å². The Morgan fingerprint density at radius 2 is 2.22 bits per heavy atom. The fourth-order valence-electron chi connectivity index (χ4n) is 3.49. The van der Waals surface area contributed by atoms with Crippen LogP contribution in [-0.2, 0) is 11.3 Å². The number of nitrogens with one attached hydrogen (secondary N) is 3. The number of urea groups is 1. The van der Waals surface area contributed by atoms with Crippen LogP contribution in [0.4, 0.5) is 10.7 Å². The van der Waals surface area contributed by atoms with Crippen LogP contribution in [0.1, 0.15) is 21.5 Å². The number of H-pyrrole nitrogens is 1. The molecule has 0 saturated heterocycles. The second-order valence-electron chi connectivity index (χ2n) is 7.12. The number of hydrogen-bond donors (Lipinski definition) is 4. The van der Waals surface area contributed by atoms with E-state index in [2.05, 4.69) is 27.1 Å². The molecular formula is C22H20N6O4. The molecule has 0 aliphatic carbocycles. The number of carbonyl (C=O) groups excluding carboxylic acids is 3. The van der Waals surface area contributed by atoms with Crippen LogP contribution >= 0.6 is 0 Å². The van der Waals surface area contributed by atoms with Crippen LogP contribution in [0, 0.1) is 11.8 Å². The highest BCUT2D eigenvalue weighted by molar-refractivity contribution is 5.98. The number of aromatic amines is 1. The van der Waals surface area contributed by atoms with E-state index >= 15 is 0 Å². The van der Waals surface area contributed by atoms with Crippen molar-refractivity contribution >= 4 is 35.3 Å². The fourth-order valence-corrected chi connectivity index (χ4v) is 3.49. The number of carbonyl (C=O) groups is 3. The number of nitrogens with zero attached hydrogens (tertiary/aromatic N) is 2. The Bertz CT molecular complexity index is 1270. The third-order valence-corrected chi connectivity index (χ3v) is 4.99. The van der Waals surface area contributed by atoms with E-state index in [-0.39, 0.29) is 18.9 Å². The van der Waals surface area contributed by atoms with Crippen molar-refractivity contribution < 1.29 is 19.1 Å². The number of anilines is 1. The predicted octanol–water partition coefficient (Wildman–Crippen LogP) is 0.985. The van der Waals surface area contributed by atoms with Gasteiger partial charge in [0.2, 0.25) is 6.41 Å². The molecule has 2 heterocycles. The summed E-state index contributed by atoms with van der Waals surface area (Å²) in [5, 5.41) is 4.64. The van der Waals surface area contributed by atoms with Gasteiger partial charge in [-0.3, -0.25) is 14.9 Å². The number of imidazole rings is 1. The number of imide groups is 1. The number of aromatic nitrogens is 2. The Labute approximate surface area is 183 Å². The summed E-state index contributed by atoms with van der Waals surface area (Å²) in [6.45, 7) is 0.515. The molecule has 4 amide bonds. The minimum Gasteiger partial charge on any atom is -0.497 e. The van der Waals surface area contributed by atoms with Gasteiger partial charge < -0.3 is 25.7 Å². The van der Waals surface area contributed by atoms with Crippen molar-refractivity contribution in [2.75, 3.05) is 19.4 Å². The quantitative estimate of drug-likeness (QED) is 0.350. The van der Waals surface area contributed by atoms with E-state index in [1.54, 1.807) is 35.2 Å². The first-order chi connectivity index (χ1) is 15.5. The van der Waals surface area contributed by atoms with Crippen molar-refractivity contribution in [3.05, 3.63) is 53.1 Å². The van der Waals surface area contributed by atoms with Crippen molar-refractivity contribution in [1.29, 1.82) is 0 Å². The summed E-state index contributed by atoms with van der Waals surface area (Å²) in [5.74, 6) is 6.68. The zero-order valence-corrected chi connectivity index (χ0v) is 17.1. The highest BCUT2D eigenvalue weighted by Gasteiger charge is 2.29. The summed E-state index contributed by atoms with van der Waals surface area (Å²) in [4.78, 5) is 44.0. The van der Waals surface area contributed by atoms with Gasteiger partial charge in [0.05, 0.1) is 24.7 Å². The Morgan fingerprint density at radius 1 is 1.38 bits per heavy atom. The van der Waals surface area contributed by atoms with Gasteiger partial charge in [-0.15, -0.1) is 0 Å². The van der Waals surface area contributed by atoms with Crippen molar-refractivity contribution in [3.8, 4) is 17.6 Å². The van der Waals surface area contributed by atoms with Gasteiger partial charge in [0.15, 0.2) is 5.95 Å². The largest absolute Gasteiger partial charge is 0.497 e. The summed E-state index contributed by atoms with van der Waals surface area (Å²) < 4.78 is 5.20. The first-order valence-corrected chi connectivity index (χ1v) is 9.70. The number of ether oxygens (including phenoxy) is 1. The molecule has 3 aromatic rings. The van der Waals surface area contributed by atoms with Crippen LogP contribution in [0.3, 0.4) is 0 Å². The number of benzene rings is 2. The van der Waals surface area contributed by atoms with Crippen LogP contribution in [-0.4, -0.2) is 52.9 Å². The first kappa shape index (κ1) is 20.7. The van der Waals surface area contributed by atoms with E-state index in [0.29, 0.717) is 34.9 Å². The van der Waals surface area contributed by atoms with E-state index < -0.39 is 12.1 Å². The molecule has 10 nitrogen and oxygen atoms in total. The van der Waals surface area contributed by atoms with Crippen molar-refractivity contribution in [1.82, 2.24) is 25.5 Å². The molecule has 162 valence electrons. The highest BCUT2D eigenvalue weighted by atomic mass is 16.5. The second-order valence-corrected chi connectivity index (χ2v) is 7.12. The number of fused-ring (bicyclic) bond motifs is 2. The third kappa shape index (κ3) is 4.32. The molecule has 1 atom stereocenters. The molecule has 5 N–H and O–H groups in total. The molecule has 0 bridgehead atoms. The number of rotatable bonds is 5. The van der Waals surface area contributed by atoms with Crippen molar-refractivity contribution in [2.45, 2.75) is 12.6 Å². The lowest BCUT2D eigenvalue weighted by Gasteiger charge is -2.21. The maximum absolute atomic E-state index is 12.8. The zero-order chi connectivity index (χ0) is 22.7. The Morgan fingerprint density at radius 3 is 3.00 bits per heavy atom. The Hall–Kier alpha value is -4.52. The van der Waals surface area contributed by atoms with E-state index in [1.165, 1.54) is 7.11 Å². The normalized spacial score (nSPS) is 13.2. The zero-order valence-electron chi connectivity index (χ0n) is 17.1. The third-order valence-electron chi connectivity index (χ3n) is 4.99. The molecule has 1 aliphatic heterocycles. The van der Waals surface area contributed by atoms with E-state index in [9.17, 15) is 14.4 Å². The standard InChI is InChI=1S/C22H20N6O4/c1-32-16-6-4-14-10-28(20(30)17(14)9-16)11-15(25-22(31)24-12-29)5-2-13-3-7-18-19(8-13)27-21(23)26-18/h3-4,6-9,12,15H,10-11H2,1H3,(H3,23,26,27)(H2,24,25,29,31)/t15-/m1/s1. The molecule has 0 unspecified atom stereocenters. The van der Waals surface area contributed by atoms with Gasteiger partial charge in [0, 0.05) is 17.7 Å². The van der Waals surface area contributed by atoms with Crippen LogP contribution < -0.4 is 21.1 Å². The summed E-state index contributed by atoms with van der Waals surface area (Å²) in [7, 11) is 1.54. The number of hydrogen-bond acceptors (Lipinski definition) is 6. The van der Waals surface area contributed by atoms with Gasteiger partial charge in [-0.1, -0.05) is 17.9 Å². The monoisotopic (exact) mass is 432 g/mol. The minimum absolute atomic E-state index is 0.133. The maximum atomic E-state index is 12.8. The Balaban J connectivity index is 1.55. The molecule has 0 radical (unpaired) electrons. The van der Waals surface area contributed by atoms with Gasteiger partial charge in [-0.25, -0.2) is 9.78 Å². The number of amides is 4. The molecule has 2 aromatic carbocycles. The number of nitrogens with two attached hydrogens (primary N) is 1. The minimum atomic E-state index is -0.724. The molecule has 4 rings (SSSR count). The molecule has 0 spiro atoms. The van der Waals surface area contributed by atoms with Crippen LogP contribution in [0.15, 0.2) is 36.4 Å². The lowest BCUT2D eigenvalue weighted by atomic mass is 10.1. The second kappa shape index (κ2) is 8.69. The first-order valence-electron chi connectivity index (χ1n) is 9.70. The number of methoxy groups -OCH3 is 1. The lowest BCUT2D eigenvalue weighted by molar-refractivity contribution is -0.108. The highest BCUT2D eigenvalue weighted by Crippen LogP contribution is 2.26. The van der Waals surface area contributed by atoms with Crippen LogP contribution in [0.5, 0.6) is 5.75 Å². The summed E-state index contributed by atoms with van der Waals surface area (Å²) in [6, 6.07) is 9.24. The van der Waals surface area contributed by atoms with Gasteiger partial charge in [-0.2, -0.15) is 0 Å². The maximum Gasteiger partial charge on any atom is 0.322 e. The van der Waals surface area contributed by atoms with Crippen molar-refractivity contribution in [3.63, 3.8) is 0 Å². The number of nitrogen functional groups attached to an aromatic ring is 1. The molecule has 32 heavy (non-hydrogen) atoms. The summed E-state index contributed by atoms with van der Waals surface area (Å²) in [5.41, 5.74) is 9.20. The van der Waals surface area contributed by atoms with Gasteiger partial charge in [0.1, 0.15) is 11.8 Å². The topological polar surface area (TPSA) is 142 Å². The molecule has 1 aliphatic rings. The molecule has 1 aromatic heterocycles. The van der Waals surface area contributed by atoms with E-state index in [4.69, 9.17) is 10.5 Å². The lowest BCUT2D eigenvalue weighted by Crippen LogP contribution is -2.46. The average molecular weight is 432 g/mol. The smallest absolute Gasteiger partial charge is 0.322 e. The predicted molar refractivity (Wildman–Crippen MR) is 117 cm³/mol. The molecule has 0 fully saturated rings. The molecule has 0 saturated carbocycles. The van der Waals surface area contributed by atoms with Gasteiger partial charge >= 0.3 is 6.03 Å². The van der Waals surface area contributed by atoms with Gasteiger partial charge in [-0.05, 0) is 35.9 Å².